The van der Waals surface area contributed by atoms with Gasteiger partial charge < -0.3 is 53.5 Å². The molecule has 0 saturated carbocycles. The first-order chi connectivity index (χ1) is 50.6. The summed E-state index contributed by atoms with van der Waals surface area (Å²) in [6.07, 6.45) is 43.7. The van der Waals surface area contributed by atoms with Crippen molar-refractivity contribution < 1.29 is 67.8 Å². The van der Waals surface area contributed by atoms with Gasteiger partial charge in [0, 0.05) is 77.3 Å². The summed E-state index contributed by atoms with van der Waals surface area (Å²) < 4.78 is 33.5. The summed E-state index contributed by atoms with van der Waals surface area (Å²) in [5.74, 6) is 1.16. The molecule has 0 aromatic heterocycles. The number of non-ortho nitro benzene ring substituents is 1. The van der Waals surface area contributed by atoms with Gasteiger partial charge in [-0.15, -0.1) is 0 Å². The topological polar surface area (TPSA) is 240 Å². The maximum atomic E-state index is 12.5. The van der Waals surface area contributed by atoms with Gasteiger partial charge in [-0.3, -0.25) is 29.5 Å². The van der Waals surface area contributed by atoms with E-state index in [0.717, 1.165) is 206 Å². The van der Waals surface area contributed by atoms with Gasteiger partial charge in [0.15, 0.2) is 0 Å². The zero-order chi connectivity index (χ0) is 77.2. The van der Waals surface area contributed by atoms with Gasteiger partial charge >= 0.3 is 24.2 Å². The molecule has 0 heterocycles. The summed E-state index contributed by atoms with van der Waals surface area (Å²) in [6.45, 7) is 34.0. The number of hydrogen-bond acceptors (Lipinski definition) is 19. The Morgan fingerprint density at radius 1 is 0.365 bits per heavy atom. The van der Waals surface area contributed by atoms with E-state index in [4.69, 9.17) is 38.6 Å². The molecule has 2 unspecified atom stereocenters. The quantitative estimate of drug-likeness (QED) is 0.0137. The number of esters is 2. The fraction of sp³-hybridized carbons (Fsp3) is 0.881. The summed E-state index contributed by atoms with van der Waals surface area (Å²) in [6, 6.07) is 5.40. The second kappa shape index (κ2) is 77.0. The molecule has 0 amide bonds. The van der Waals surface area contributed by atoms with Crippen LogP contribution in [-0.2, 0) is 33.3 Å². The number of carbonyl (C=O) groups excluding carboxylic acids is 4. The summed E-state index contributed by atoms with van der Waals surface area (Å²) in [5, 5.41) is 37.9. The lowest BCUT2D eigenvalue weighted by Gasteiger charge is -2.25. The number of aliphatic hydroxyl groups is 3. The predicted molar refractivity (Wildman–Crippen MR) is 427 cm³/mol. The van der Waals surface area contributed by atoms with Crippen LogP contribution in [0.3, 0.4) is 0 Å². The highest BCUT2D eigenvalue weighted by Gasteiger charge is 2.20. The molecule has 3 N–H and O–H groups in total. The minimum Gasteiger partial charge on any atom is -0.465 e. The van der Waals surface area contributed by atoms with Crippen molar-refractivity contribution >= 4 is 29.9 Å². The number of unbranched alkanes of at least 4 members (excludes halogenated alkanes) is 24. The molecule has 0 bridgehead atoms. The molecule has 104 heavy (non-hydrogen) atoms. The summed E-state index contributed by atoms with van der Waals surface area (Å²) in [7, 11) is 0. The van der Waals surface area contributed by atoms with Gasteiger partial charge in [-0.05, 0) is 140 Å². The average Bonchev–Trinajstić information content (AvgIpc) is 0.892. The third kappa shape index (κ3) is 64.9. The van der Waals surface area contributed by atoms with Crippen LogP contribution >= 0.6 is 0 Å². The molecule has 0 aliphatic heterocycles. The van der Waals surface area contributed by atoms with Crippen molar-refractivity contribution in [3.63, 3.8) is 0 Å². The Bertz CT molecular complexity index is 2030. The molecule has 0 fully saturated rings. The Morgan fingerprint density at radius 3 is 1.00 bits per heavy atom. The normalized spacial score (nSPS) is 12.0. The monoisotopic (exact) mass is 1480 g/mol. The second-order valence-electron chi connectivity index (χ2n) is 28.7. The van der Waals surface area contributed by atoms with E-state index in [1.165, 1.54) is 127 Å². The number of benzene rings is 1. The minimum atomic E-state index is -0.769. The van der Waals surface area contributed by atoms with Gasteiger partial charge in [-0.2, -0.15) is 0 Å². The Kier molecular flexibility index (Phi) is 75.4. The number of nitro groups is 1. The lowest BCUT2D eigenvalue weighted by molar-refractivity contribution is -0.384. The van der Waals surface area contributed by atoms with Crippen LogP contribution in [0.15, 0.2) is 24.3 Å². The van der Waals surface area contributed by atoms with Crippen molar-refractivity contribution in [2.45, 2.75) is 351 Å². The van der Waals surface area contributed by atoms with E-state index in [2.05, 4.69) is 88.8 Å². The largest absolute Gasteiger partial charge is 0.514 e. The molecule has 1 rings (SSSR count). The van der Waals surface area contributed by atoms with Crippen LogP contribution in [0.1, 0.15) is 339 Å². The maximum absolute atomic E-state index is 12.5. The van der Waals surface area contributed by atoms with E-state index < -0.39 is 17.2 Å². The van der Waals surface area contributed by atoms with Crippen molar-refractivity contribution in [1.82, 2.24) is 19.6 Å². The highest BCUT2D eigenvalue weighted by Crippen LogP contribution is 2.24. The molecule has 1 aromatic carbocycles. The summed E-state index contributed by atoms with van der Waals surface area (Å²) in [5.41, 5.74) is -0.0612. The molecular weight excluding hydrogens is 1320 g/mol. The number of hydrogen-bond donors (Lipinski definition) is 3. The first-order valence-electron chi connectivity index (χ1n) is 42.6. The number of carbonyl (C=O) groups is 4. The zero-order valence-corrected chi connectivity index (χ0v) is 68.5. The van der Waals surface area contributed by atoms with E-state index in [0.29, 0.717) is 64.1 Å². The van der Waals surface area contributed by atoms with Crippen molar-refractivity contribution in [2.24, 2.45) is 11.8 Å². The number of nitro benzene ring substituents is 1. The number of nitrogens with zero attached hydrogens (tertiary/aromatic N) is 5. The molecule has 0 aliphatic rings. The zero-order valence-electron chi connectivity index (χ0n) is 68.5. The van der Waals surface area contributed by atoms with E-state index in [9.17, 15) is 34.4 Å². The average molecular weight is 1480 g/mol. The van der Waals surface area contributed by atoms with Crippen LogP contribution in [0, 0.1) is 22.0 Å². The summed E-state index contributed by atoms with van der Waals surface area (Å²) >= 11 is 0. The Balaban J connectivity index is 0. The van der Waals surface area contributed by atoms with E-state index in [1.807, 2.05) is 0 Å². The van der Waals surface area contributed by atoms with Crippen molar-refractivity contribution in [2.75, 3.05) is 118 Å². The molecule has 20 nitrogen and oxygen atoms in total. The fourth-order valence-corrected chi connectivity index (χ4v) is 12.8. The first kappa shape index (κ1) is 102. The first-order valence-corrected chi connectivity index (χ1v) is 42.6. The molecule has 20 heteroatoms. The smallest absolute Gasteiger partial charge is 0.465 e. The van der Waals surface area contributed by atoms with Gasteiger partial charge in [0.25, 0.3) is 5.69 Å². The van der Waals surface area contributed by atoms with Crippen LogP contribution in [0.2, 0.25) is 0 Å². The lowest BCUT2D eigenvalue weighted by Crippen LogP contribution is -2.38. The van der Waals surface area contributed by atoms with Crippen LogP contribution in [0.4, 0.5) is 15.3 Å². The third-order valence-electron chi connectivity index (χ3n) is 19.8. The summed E-state index contributed by atoms with van der Waals surface area (Å²) in [4.78, 5) is 68.8. The molecule has 0 spiro atoms. The van der Waals surface area contributed by atoms with Crippen molar-refractivity contribution in [1.29, 1.82) is 0 Å². The maximum Gasteiger partial charge on any atom is 0.514 e. The van der Waals surface area contributed by atoms with Crippen LogP contribution < -0.4 is 4.74 Å². The van der Waals surface area contributed by atoms with E-state index in [-0.39, 0.29) is 62.0 Å². The van der Waals surface area contributed by atoms with Gasteiger partial charge in [0.05, 0.1) is 38.0 Å². The standard InChI is InChI=1S/C39H78N2O6.C35H59NO7.C10H24N2O2/c1-6-11-14-21-26-37(47-39(44)45-34-32-41(31-33-42)30-29-40(9-4)10-5)27-22-17-15-16-18-23-28-38(43)46-35-36(24-19-12-7-2)25-20-13-8-3;1-4-7-10-17-22-32(42-35(38)43-33-27-25-31(26-28-33)36(39)40)23-18-13-11-12-14-19-24-34(37)41-29-30(20-15-8-5-2)21-16-9-6-3;1-3-11(4-2)5-6-12(7-9-13)8-10-14/h36-37,42H,6-35H2,1-5H3;25-28,30,32H,4-24,29H2,1-3H3;13-14H,3-10H2,1-2H3. The number of aliphatic hydroxyl groups excluding tert-OH is 3. The third-order valence-corrected chi connectivity index (χ3v) is 19.8. The van der Waals surface area contributed by atoms with Gasteiger partial charge in [0.1, 0.15) is 24.6 Å². The molecule has 0 saturated heterocycles. The van der Waals surface area contributed by atoms with Crippen molar-refractivity contribution in [3.8, 4) is 5.75 Å². The van der Waals surface area contributed by atoms with Crippen LogP contribution in [0.5, 0.6) is 5.75 Å². The second-order valence-corrected chi connectivity index (χ2v) is 28.7. The molecule has 2 atom stereocenters. The molecule has 0 aliphatic carbocycles. The van der Waals surface area contributed by atoms with E-state index in [1.54, 1.807) is 0 Å². The van der Waals surface area contributed by atoms with Gasteiger partial charge in [0.2, 0.25) is 0 Å². The Labute approximate surface area is 635 Å². The van der Waals surface area contributed by atoms with Gasteiger partial charge in [-0.25, -0.2) is 9.59 Å². The molecule has 0 radical (unpaired) electrons. The fourth-order valence-electron chi connectivity index (χ4n) is 12.8. The van der Waals surface area contributed by atoms with E-state index >= 15 is 0 Å². The van der Waals surface area contributed by atoms with Gasteiger partial charge in [-0.1, -0.05) is 236 Å². The minimum absolute atomic E-state index is 0.0309. The van der Waals surface area contributed by atoms with Crippen LogP contribution in [-0.4, -0.2) is 194 Å². The SMILES string of the molecule is CCCCCCC(CCCCCCCCC(=O)OCC(CCCCC)CCCCC)OC(=O)OCCN(CCO)CCN(CC)CC.CCCCCCC(CCCCCCCCC(=O)OCC(CCCCC)CCCCC)OC(=O)Oc1ccc([N+](=O)[O-])cc1.CCN(CC)CCN(CCO)CCO. The van der Waals surface area contributed by atoms with Crippen LogP contribution in [0.25, 0.3) is 0 Å². The highest BCUT2D eigenvalue weighted by molar-refractivity contribution is 5.69. The predicted octanol–water partition coefficient (Wildman–Crippen LogP) is 20.1. The van der Waals surface area contributed by atoms with Crippen molar-refractivity contribution in [3.05, 3.63) is 34.4 Å². The number of rotatable bonds is 71. The highest BCUT2D eigenvalue weighted by atomic mass is 16.7. The number of ether oxygens (including phenoxy) is 6. The molecule has 1 aromatic rings. The Hall–Kier alpha value is -4.18. The Morgan fingerprint density at radius 2 is 0.663 bits per heavy atom. The lowest BCUT2D eigenvalue weighted by atomic mass is 9.96. The number of likely N-dealkylation sites (N-methyl/N-ethyl adjacent to an activating group) is 2. The molecular formula is C84H161N5O15. The molecule has 612 valence electrons.